The quantitative estimate of drug-likeness (QED) is 0.185. The summed E-state index contributed by atoms with van der Waals surface area (Å²) in [6.07, 6.45) is 0. The van der Waals surface area contributed by atoms with E-state index in [0.717, 1.165) is 44.9 Å². The number of anilines is 3. The molecule has 0 fully saturated rings. The highest BCUT2D eigenvalue weighted by Crippen LogP contribution is 2.63. The average molecular weight is 699 g/mol. The molecule has 4 nitrogen and oxygen atoms in total. The lowest BCUT2D eigenvalue weighted by Crippen LogP contribution is -2.36. The molecule has 2 heterocycles. The van der Waals surface area contributed by atoms with Gasteiger partial charge in [-0.05, 0) is 87.5 Å². The zero-order valence-corrected chi connectivity index (χ0v) is 29.6. The fourth-order valence-electron chi connectivity index (χ4n) is 9.56. The molecule has 0 radical (unpaired) electrons. The summed E-state index contributed by atoms with van der Waals surface area (Å²) in [5.74, 6) is 0. The van der Waals surface area contributed by atoms with Crippen LogP contribution in [0.25, 0.3) is 49.7 Å². The largest absolute Gasteiger partial charge is 0.310 e. The van der Waals surface area contributed by atoms with Gasteiger partial charge in [-0.15, -0.1) is 0 Å². The summed E-state index contributed by atoms with van der Waals surface area (Å²) in [5, 5.41) is 22.9. The minimum absolute atomic E-state index is 0.359. The van der Waals surface area contributed by atoms with Gasteiger partial charge in [-0.2, -0.15) is 10.5 Å². The van der Waals surface area contributed by atoms with Crippen LogP contribution >= 0.6 is 0 Å². The minimum atomic E-state index is -0.529. The highest BCUT2D eigenvalue weighted by molar-refractivity contribution is 6.09. The van der Waals surface area contributed by atoms with Crippen LogP contribution < -0.4 is 4.90 Å². The second-order valence-corrected chi connectivity index (χ2v) is 14.3. The first kappa shape index (κ1) is 30.9. The third-order valence-electron chi connectivity index (χ3n) is 11.7. The Labute approximate surface area is 318 Å². The Bertz CT molecular complexity index is 3000. The molecular weight excluding hydrogens is 669 g/mol. The van der Waals surface area contributed by atoms with E-state index in [0.29, 0.717) is 11.1 Å². The van der Waals surface area contributed by atoms with Gasteiger partial charge in [-0.3, -0.25) is 0 Å². The van der Waals surface area contributed by atoms with Gasteiger partial charge in [-0.25, -0.2) is 0 Å². The second kappa shape index (κ2) is 11.7. The van der Waals surface area contributed by atoms with Crippen molar-refractivity contribution in [2.45, 2.75) is 5.41 Å². The topological polar surface area (TPSA) is 55.8 Å². The van der Waals surface area contributed by atoms with Crippen molar-refractivity contribution in [3.05, 3.63) is 215 Å². The van der Waals surface area contributed by atoms with E-state index in [9.17, 15) is 10.5 Å². The molecule has 0 saturated heterocycles. The average Bonchev–Trinajstić information content (AvgIpc) is 3.74. The van der Waals surface area contributed by atoms with Gasteiger partial charge >= 0.3 is 0 Å². The van der Waals surface area contributed by atoms with Crippen LogP contribution in [0.15, 0.2) is 182 Å². The molecule has 2 aliphatic rings. The van der Waals surface area contributed by atoms with Gasteiger partial charge in [0, 0.05) is 27.7 Å². The molecule has 4 heteroatoms. The minimum Gasteiger partial charge on any atom is -0.310 e. The lowest BCUT2D eigenvalue weighted by molar-refractivity contribution is 0.752. The number of hydrogen-bond acceptors (Lipinski definition) is 3. The van der Waals surface area contributed by atoms with Crippen molar-refractivity contribution in [2.24, 2.45) is 0 Å². The third-order valence-corrected chi connectivity index (χ3v) is 11.7. The maximum atomic E-state index is 10.5. The van der Waals surface area contributed by atoms with Gasteiger partial charge in [0.1, 0.15) is 12.1 Å². The lowest BCUT2D eigenvalue weighted by Gasteiger charge is -2.45. The summed E-state index contributed by atoms with van der Waals surface area (Å²) in [5.41, 5.74) is 15.5. The summed E-state index contributed by atoms with van der Waals surface area (Å²) < 4.78 is 2.32. The zero-order chi connectivity index (χ0) is 36.7. The van der Waals surface area contributed by atoms with Crippen LogP contribution in [0.3, 0.4) is 0 Å². The highest BCUT2D eigenvalue weighted by Gasteiger charge is 2.51. The number of rotatable bonds is 3. The highest BCUT2D eigenvalue weighted by atomic mass is 15.2. The van der Waals surface area contributed by atoms with Crippen molar-refractivity contribution in [2.75, 3.05) is 4.90 Å². The molecule has 11 rings (SSSR count). The van der Waals surface area contributed by atoms with Crippen LogP contribution in [-0.2, 0) is 5.41 Å². The molecule has 0 amide bonds. The third kappa shape index (κ3) is 4.14. The monoisotopic (exact) mass is 698 g/mol. The van der Waals surface area contributed by atoms with E-state index >= 15 is 0 Å². The number of aromatic nitrogens is 1. The Morgan fingerprint density at radius 3 is 1.49 bits per heavy atom. The maximum absolute atomic E-state index is 10.5. The summed E-state index contributed by atoms with van der Waals surface area (Å²) >= 11 is 0. The first-order valence-corrected chi connectivity index (χ1v) is 18.5. The number of nitriles is 2. The van der Waals surface area contributed by atoms with Crippen molar-refractivity contribution < 1.29 is 0 Å². The van der Waals surface area contributed by atoms with Gasteiger partial charge in [0.05, 0.1) is 39.0 Å². The van der Waals surface area contributed by atoms with E-state index in [-0.39, 0.29) is 0 Å². The molecule has 55 heavy (non-hydrogen) atoms. The molecule has 1 spiro atoms. The van der Waals surface area contributed by atoms with Gasteiger partial charge in [0.15, 0.2) is 0 Å². The maximum Gasteiger partial charge on any atom is 0.101 e. The van der Waals surface area contributed by atoms with E-state index in [2.05, 4.69) is 185 Å². The molecular formula is C51H30N4. The molecule has 8 aromatic carbocycles. The van der Waals surface area contributed by atoms with Crippen LogP contribution in [0.4, 0.5) is 17.1 Å². The van der Waals surface area contributed by atoms with Gasteiger partial charge < -0.3 is 9.47 Å². The first-order chi connectivity index (χ1) is 27.2. The van der Waals surface area contributed by atoms with Crippen molar-refractivity contribution in [3.8, 4) is 40.1 Å². The number of para-hydroxylation sites is 4. The van der Waals surface area contributed by atoms with E-state index in [1.165, 1.54) is 44.2 Å². The molecule has 0 unspecified atom stereocenters. The summed E-state index contributed by atoms with van der Waals surface area (Å²) in [7, 11) is 0. The Balaban J connectivity index is 1.25. The fourth-order valence-corrected chi connectivity index (χ4v) is 9.56. The number of nitrogens with zero attached hydrogens (tertiary/aromatic N) is 4. The zero-order valence-electron chi connectivity index (χ0n) is 29.6. The predicted octanol–water partition coefficient (Wildman–Crippen LogP) is 12.3. The smallest absolute Gasteiger partial charge is 0.101 e. The van der Waals surface area contributed by atoms with E-state index in [1.807, 2.05) is 12.1 Å². The molecule has 1 aromatic heterocycles. The van der Waals surface area contributed by atoms with Crippen LogP contribution in [0.1, 0.15) is 33.4 Å². The van der Waals surface area contributed by atoms with Crippen LogP contribution in [0.2, 0.25) is 0 Å². The number of fused-ring (bicyclic) bond motifs is 12. The van der Waals surface area contributed by atoms with Crippen LogP contribution in [0, 0.1) is 22.7 Å². The SMILES string of the molecule is N#Cc1cccc(-c2cc(N3c4ccccc4C4(c5ccccc5-c5ccccc54)c4ccccc43)cc(-n3c4ccccc4c4ccccc43)c2)c1C#N. The molecule has 254 valence electrons. The number of benzene rings is 8. The molecule has 0 bridgehead atoms. The van der Waals surface area contributed by atoms with Crippen molar-refractivity contribution >= 4 is 38.9 Å². The molecule has 1 aliphatic carbocycles. The Kier molecular flexibility index (Phi) is 6.56. The normalized spacial score (nSPS) is 13.2. The van der Waals surface area contributed by atoms with Gasteiger partial charge in [-0.1, -0.05) is 133 Å². The summed E-state index contributed by atoms with van der Waals surface area (Å²) in [6.45, 7) is 0. The lowest BCUT2D eigenvalue weighted by atomic mass is 9.64. The second-order valence-electron chi connectivity index (χ2n) is 14.3. The Hall–Kier alpha value is -7.66. The fraction of sp³-hybridized carbons (Fsp3) is 0.0196. The summed E-state index contributed by atoms with van der Waals surface area (Å²) in [4.78, 5) is 2.39. The summed E-state index contributed by atoms with van der Waals surface area (Å²) in [6, 6.07) is 69.1. The number of hydrogen-bond donors (Lipinski definition) is 0. The first-order valence-electron chi connectivity index (χ1n) is 18.5. The molecule has 0 N–H and O–H groups in total. The van der Waals surface area contributed by atoms with E-state index < -0.39 is 5.41 Å². The van der Waals surface area contributed by atoms with Gasteiger partial charge in [0.2, 0.25) is 0 Å². The molecule has 0 atom stereocenters. The van der Waals surface area contributed by atoms with Crippen molar-refractivity contribution in [1.29, 1.82) is 10.5 Å². The Morgan fingerprint density at radius 1 is 0.418 bits per heavy atom. The molecule has 1 aliphatic heterocycles. The van der Waals surface area contributed by atoms with Gasteiger partial charge in [0.25, 0.3) is 0 Å². The van der Waals surface area contributed by atoms with E-state index in [1.54, 1.807) is 6.07 Å². The van der Waals surface area contributed by atoms with Crippen LogP contribution in [0.5, 0.6) is 0 Å². The molecule has 9 aromatic rings. The predicted molar refractivity (Wildman–Crippen MR) is 221 cm³/mol. The molecule has 0 saturated carbocycles. The van der Waals surface area contributed by atoms with Crippen LogP contribution in [-0.4, -0.2) is 4.57 Å². The standard InChI is InChI=1S/C51H30N4/c52-31-33-14-13-19-37(42(33)32-53)34-28-35(54-47-24-9-3-17-40(47)41-18-4-10-25-48(41)54)30-36(29-34)55-49-26-11-7-22-45(49)51(46-23-8-12-27-50(46)55)43-20-5-1-15-38(43)39-16-2-6-21-44(39)51/h1-30H. The van der Waals surface area contributed by atoms with Crippen molar-refractivity contribution in [1.82, 2.24) is 4.57 Å². The van der Waals surface area contributed by atoms with E-state index in [4.69, 9.17) is 0 Å². The Morgan fingerprint density at radius 2 is 0.909 bits per heavy atom. The van der Waals surface area contributed by atoms with Crippen molar-refractivity contribution in [3.63, 3.8) is 0 Å².